The van der Waals surface area contributed by atoms with E-state index in [0.717, 1.165) is 0 Å². The molecule has 0 fully saturated rings. The smallest absolute Gasteiger partial charge is 0.748 e. The van der Waals surface area contributed by atoms with Crippen molar-refractivity contribution in [3.63, 3.8) is 0 Å². The number of hydrogen-bond donors (Lipinski definition) is 2. The van der Waals surface area contributed by atoms with E-state index in [-0.39, 0.29) is 41.7 Å². The summed E-state index contributed by atoms with van der Waals surface area (Å²) >= 11 is 0. The van der Waals surface area contributed by atoms with E-state index in [4.69, 9.17) is 10.8 Å². The molecule has 7 heteroatoms. The number of nitrogens with two attached hydrogens (primary N) is 1. The quantitative estimate of drug-likeness (QED) is 0.328. The Hall–Kier alpha value is -0.110. The molecule has 0 spiro atoms. The third kappa shape index (κ3) is 4.96. The van der Waals surface area contributed by atoms with Crippen LogP contribution in [-0.4, -0.2) is 18.1 Å². The number of aliphatic hydroxyl groups excluding tert-OH is 1. The second-order valence-corrected chi connectivity index (χ2v) is 4.29. The molecule has 78 valence electrons. The van der Waals surface area contributed by atoms with Gasteiger partial charge in [-0.1, -0.05) is 6.07 Å². The fraction of sp³-hybridized carbons (Fsp3) is 0.250. The fourth-order valence-electron chi connectivity index (χ4n) is 1.12. The summed E-state index contributed by atoms with van der Waals surface area (Å²) in [6, 6.07) is 4.41. The van der Waals surface area contributed by atoms with E-state index in [0.29, 0.717) is 11.3 Å². The Labute approximate surface area is 110 Å². The first-order chi connectivity index (χ1) is 6.42. The molecule has 0 unspecified atom stereocenters. The Morgan fingerprint density at radius 1 is 1.33 bits per heavy atom. The summed E-state index contributed by atoms with van der Waals surface area (Å²) < 4.78 is 31.5. The van der Waals surface area contributed by atoms with Crippen LogP contribution in [0.2, 0.25) is 0 Å². The van der Waals surface area contributed by atoms with E-state index in [9.17, 15) is 13.0 Å². The van der Waals surface area contributed by atoms with Gasteiger partial charge in [-0.3, -0.25) is 0 Å². The molecule has 0 bridgehead atoms. The van der Waals surface area contributed by atoms with Gasteiger partial charge in [0.1, 0.15) is 0 Å². The zero-order chi connectivity index (χ0) is 10.8. The van der Waals surface area contributed by atoms with Gasteiger partial charge in [-0.05, 0) is 23.3 Å². The van der Waals surface area contributed by atoms with Gasteiger partial charge >= 0.3 is 29.6 Å². The second kappa shape index (κ2) is 5.83. The molecular formula is C8H10NNaO4S. The molecule has 0 aromatic heterocycles. The van der Waals surface area contributed by atoms with Crippen LogP contribution in [0.3, 0.4) is 0 Å². The van der Waals surface area contributed by atoms with Gasteiger partial charge in [-0.15, -0.1) is 0 Å². The maximum atomic E-state index is 10.5. The van der Waals surface area contributed by atoms with E-state index >= 15 is 0 Å². The van der Waals surface area contributed by atoms with Crippen LogP contribution in [0.4, 0.5) is 5.69 Å². The second-order valence-electron chi connectivity index (χ2n) is 2.89. The van der Waals surface area contributed by atoms with Crippen molar-refractivity contribution < 1.29 is 47.6 Å². The van der Waals surface area contributed by atoms with Crippen molar-refractivity contribution in [2.45, 2.75) is 12.4 Å². The molecule has 5 nitrogen and oxygen atoms in total. The molecule has 0 aliphatic heterocycles. The van der Waals surface area contributed by atoms with E-state index < -0.39 is 15.9 Å². The number of aliphatic hydroxyl groups is 1. The van der Waals surface area contributed by atoms with Gasteiger partial charge in [0.15, 0.2) is 0 Å². The number of hydrogen-bond acceptors (Lipinski definition) is 5. The Kier molecular flexibility index (Phi) is 5.79. The molecule has 0 saturated carbocycles. The third-order valence-electron chi connectivity index (χ3n) is 1.73. The van der Waals surface area contributed by atoms with Gasteiger partial charge in [0.05, 0.1) is 22.5 Å². The van der Waals surface area contributed by atoms with Crippen LogP contribution in [0, 0.1) is 0 Å². The van der Waals surface area contributed by atoms with Gasteiger partial charge in [-0.25, -0.2) is 8.42 Å². The molecule has 15 heavy (non-hydrogen) atoms. The van der Waals surface area contributed by atoms with Crippen LogP contribution in [0.1, 0.15) is 11.1 Å². The van der Waals surface area contributed by atoms with Crippen molar-refractivity contribution in [1.29, 1.82) is 0 Å². The summed E-state index contributed by atoms with van der Waals surface area (Å²) in [5, 5.41) is 8.87. The summed E-state index contributed by atoms with van der Waals surface area (Å²) in [5.41, 5.74) is 6.44. The van der Waals surface area contributed by atoms with Crippen LogP contribution in [0.5, 0.6) is 0 Å². The zero-order valence-electron chi connectivity index (χ0n) is 8.30. The van der Waals surface area contributed by atoms with Crippen LogP contribution in [0.15, 0.2) is 18.2 Å². The molecule has 1 rings (SSSR count). The molecule has 0 saturated heterocycles. The summed E-state index contributed by atoms with van der Waals surface area (Å²) in [6.45, 7) is -0.314. The molecule has 0 aliphatic carbocycles. The summed E-state index contributed by atoms with van der Waals surface area (Å²) in [5.74, 6) is -0.645. The predicted octanol–water partition coefficient (Wildman–Crippen LogP) is -3.19. The standard InChI is InChI=1S/C8H11NO4S.Na/c9-8-2-1-6(4-10)7(3-8)5-14(11,12)13;/h1-3,10H,4-5,9H2,(H,11,12,13);/q;+1/p-1. The maximum absolute atomic E-state index is 10.5. The van der Waals surface area contributed by atoms with Gasteiger partial charge in [0.25, 0.3) is 0 Å². The molecular weight excluding hydrogens is 229 g/mol. The molecule has 0 amide bonds. The first-order valence-corrected chi connectivity index (χ1v) is 5.42. The first-order valence-electron chi connectivity index (χ1n) is 3.84. The summed E-state index contributed by atoms with van der Waals surface area (Å²) in [7, 11) is -4.34. The average Bonchev–Trinajstić information content (AvgIpc) is 2.01. The van der Waals surface area contributed by atoms with Crippen LogP contribution < -0.4 is 35.3 Å². The zero-order valence-corrected chi connectivity index (χ0v) is 11.1. The topological polar surface area (TPSA) is 103 Å². The molecule has 0 aliphatic rings. The molecule has 0 radical (unpaired) electrons. The summed E-state index contributed by atoms with van der Waals surface area (Å²) in [6.07, 6.45) is 0. The minimum Gasteiger partial charge on any atom is -0.748 e. The molecule has 1 aromatic rings. The van der Waals surface area contributed by atoms with E-state index in [1.54, 1.807) is 0 Å². The average molecular weight is 239 g/mol. The summed E-state index contributed by atoms with van der Waals surface area (Å²) in [4.78, 5) is 0. The van der Waals surface area contributed by atoms with Crippen LogP contribution in [0.25, 0.3) is 0 Å². The predicted molar refractivity (Wildman–Crippen MR) is 50.2 cm³/mol. The Balaban J connectivity index is 0.00000196. The fourth-order valence-corrected chi connectivity index (χ4v) is 1.77. The molecule has 0 heterocycles. The van der Waals surface area contributed by atoms with E-state index in [1.165, 1.54) is 18.2 Å². The van der Waals surface area contributed by atoms with Crippen molar-refractivity contribution in [3.05, 3.63) is 29.3 Å². The Morgan fingerprint density at radius 2 is 1.93 bits per heavy atom. The van der Waals surface area contributed by atoms with Crippen molar-refractivity contribution in [2.75, 3.05) is 5.73 Å². The number of anilines is 1. The van der Waals surface area contributed by atoms with Gasteiger partial charge < -0.3 is 15.4 Å². The molecule has 1 aromatic carbocycles. The van der Waals surface area contributed by atoms with Crippen molar-refractivity contribution in [2.24, 2.45) is 0 Å². The van der Waals surface area contributed by atoms with Crippen molar-refractivity contribution >= 4 is 15.8 Å². The minimum absolute atomic E-state index is 0. The Bertz CT molecular complexity index is 432. The molecule has 3 N–H and O–H groups in total. The van der Waals surface area contributed by atoms with Crippen molar-refractivity contribution in [1.82, 2.24) is 0 Å². The monoisotopic (exact) mass is 239 g/mol. The maximum Gasteiger partial charge on any atom is 1.00 e. The van der Waals surface area contributed by atoms with Gasteiger partial charge in [0.2, 0.25) is 0 Å². The van der Waals surface area contributed by atoms with E-state index in [2.05, 4.69) is 0 Å². The number of benzene rings is 1. The van der Waals surface area contributed by atoms with Gasteiger partial charge in [0, 0.05) is 5.69 Å². The third-order valence-corrected chi connectivity index (χ3v) is 2.40. The van der Waals surface area contributed by atoms with Crippen molar-refractivity contribution in [3.8, 4) is 0 Å². The first kappa shape index (κ1) is 14.9. The minimum atomic E-state index is -4.34. The SMILES string of the molecule is Nc1ccc(CO)c(CS(=O)(=O)[O-])c1.[Na+]. The van der Waals surface area contributed by atoms with Crippen LogP contribution >= 0.6 is 0 Å². The van der Waals surface area contributed by atoms with Crippen LogP contribution in [-0.2, 0) is 22.5 Å². The van der Waals surface area contributed by atoms with E-state index in [1.807, 2.05) is 0 Å². The Morgan fingerprint density at radius 3 is 2.40 bits per heavy atom. The normalized spacial score (nSPS) is 10.8. The number of nitrogen functional groups attached to an aromatic ring is 1. The largest absolute Gasteiger partial charge is 1.00 e. The molecule has 0 atom stereocenters. The van der Waals surface area contributed by atoms with Gasteiger partial charge in [-0.2, -0.15) is 0 Å². The number of rotatable bonds is 3.